The molecule has 100 valence electrons. The van der Waals surface area contributed by atoms with Gasteiger partial charge in [0.05, 0.1) is 29.4 Å². The van der Waals surface area contributed by atoms with E-state index in [1.54, 1.807) is 42.7 Å². The van der Waals surface area contributed by atoms with Crippen molar-refractivity contribution in [1.82, 2.24) is 14.5 Å². The molecule has 1 N–H and O–H groups in total. The number of aromatic amines is 1. The van der Waals surface area contributed by atoms with Crippen LogP contribution in [0.3, 0.4) is 0 Å². The highest BCUT2D eigenvalue weighted by molar-refractivity contribution is 5.93. The fraction of sp³-hybridized carbons (Fsp3) is 0.0714. The predicted molar refractivity (Wildman–Crippen MR) is 73.0 cm³/mol. The number of nitrogens with one attached hydrogen (secondary N) is 1. The van der Waals surface area contributed by atoms with E-state index in [0.717, 1.165) is 0 Å². The Balaban J connectivity index is 2.29. The summed E-state index contributed by atoms with van der Waals surface area (Å²) in [5.74, 6) is -0.443. The van der Waals surface area contributed by atoms with Gasteiger partial charge in [0.2, 0.25) is 0 Å². The van der Waals surface area contributed by atoms with E-state index in [-0.39, 0.29) is 5.69 Å². The summed E-state index contributed by atoms with van der Waals surface area (Å²) >= 11 is 0. The average molecular weight is 269 g/mol. The number of ether oxygens (including phenoxy) is 1. The van der Waals surface area contributed by atoms with Crippen LogP contribution in [0.5, 0.6) is 0 Å². The van der Waals surface area contributed by atoms with Crippen molar-refractivity contribution in [2.45, 2.75) is 0 Å². The van der Waals surface area contributed by atoms with Gasteiger partial charge in [0.1, 0.15) is 0 Å². The highest BCUT2D eigenvalue weighted by Gasteiger charge is 2.12. The maximum atomic E-state index is 12.1. The van der Waals surface area contributed by atoms with Crippen molar-refractivity contribution in [3.05, 3.63) is 58.8 Å². The lowest BCUT2D eigenvalue weighted by Gasteiger charge is -2.04. The quantitative estimate of drug-likeness (QED) is 0.715. The molecule has 0 unspecified atom stereocenters. The number of rotatable bonds is 2. The lowest BCUT2D eigenvalue weighted by atomic mass is 10.2. The summed E-state index contributed by atoms with van der Waals surface area (Å²) in [5, 5.41) is 0. The number of benzene rings is 1. The zero-order valence-corrected chi connectivity index (χ0v) is 10.7. The minimum Gasteiger partial charge on any atom is -0.465 e. The van der Waals surface area contributed by atoms with Crippen molar-refractivity contribution in [1.29, 1.82) is 0 Å². The minimum absolute atomic E-state index is 0.270. The lowest BCUT2D eigenvalue weighted by Crippen LogP contribution is -2.14. The summed E-state index contributed by atoms with van der Waals surface area (Å²) in [6.45, 7) is 0. The van der Waals surface area contributed by atoms with Crippen LogP contribution in [-0.4, -0.2) is 27.6 Å². The lowest BCUT2D eigenvalue weighted by molar-refractivity contribution is 0.0601. The third kappa shape index (κ3) is 1.87. The largest absolute Gasteiger partial charge is 0.465 e. The van der Waals surface area contributed by atoms with Crippen LogP contribution in [0, 0.1) is 0 Å². The summed E-state index contributed by atoms with van der Waals surface area (Å²) in [6.07, 6.45) is 3.20. The van der Waals surface area contributed by atoms with E-state index in [1.807, 2.05) is 0 Å². The van der Waals surface area contributed by atoms with E-state index in [1.165, 1.54) is 11.7 Å². The van der Waals surface area contributed by atoms with Gasteiger partial charge >= 0.3 is 11.7 Å². The molecule has 0 spiro atoms. The van der Waals surface area contributed by atoms with Crippen LogP contribution in [-0.2, 0) is 4.74 Å². The number of pyridine rings is 1. The first-order valence-corrected chi connectivity index (χ1v) is 5.94. The van der Waals surface area contributed by atoms with Crippen molar-refractivity contribution in [2.75, 3.05) is 7.11 Å². The van der Waals surface area contributed by atoms with Crippen molar-refractivity contribution in [2.24, 2.45) is 0 Å². The molecule has 0 saturated heterocycles. The number of H-pyrrole nitrogens is 1. The number of esters is 1. The molecule has 6 nitrogen and oxygen atoms in total. The SMILES string of the molecule is COC(=O)c1ccc2[nH]c(=O)n(-c3ccncc3)c2c1. The monoisotopic (exact) mass is 269 g/mol. The van der Waals surface area contributed by atoms with Crippen molar-refractivity contribution in [3.63, 3.8) is 0 Å². The normalized spacial score (nSPS) is 10.7. The molecule has 20 heavy (non-hydrogen) atoms. The molecule has 6 heteroatoms. The van der Waals surface area contributed by atoms with Gasteiger partial charge in [-0.3, -0.25) is 9.55 Å². The molecule has 0 aliphatic heterocycles. The van der Waals surface area contributed by atoms with Crippen LogP contribution >= 0.6 is 0 Å². The van der Waals surface area contributed by atoms with Gasteiger partial charge in [-0.15, -0.1) is 0 Å². The summed E-state index contributed by atoms with van der Waals surface area (Å²) in [5.41, 5.74) is 2.07. The second-order valence-corrected chi connectivity index (χ2v) is 4.19. The van der Waals surface area contributed by atoms with Crippen LogP contribution in [0.2, 0.25) is 0 Å². The highest BCUT2D eigenvalue weighted by atomic mass is 16.5. The molecule has 0 bridgehead atoms. The molecule has 3 aromatic rings. The van der Waals surface area contributed by atoms with Crippen LogP contribution in [0.15, 0.2) is 47.5 Å². The first kappa shape index (κ1) is 12.2. The van der Waals surface area contributed by atoms with Crippen LogP contribution in [0.4, 0.5) is 0 Å². The molecule has 0 radical (unpaired) electrons. The van der Waals surface area contributed by atoms with Gasteiger partial charge < -0.3 is 9.72 Å². The molecule has 0 fully saturated rings. The molecule has 0 aliphatic carbocycles. The van der Waals surface area contributed by atoms with E-state index < -0.39 is 5.97 Å². The Morgan fingerprint density at radius 1 is 1.25 bits per heavy atom. The van der Waals surface area contributed by atoms with Gasteiger partial charge in [0.15, 0.2) is 0 Å². The highest BCUT2D eigenvalue weighted by Crippen LogP contribution is 2.17. The third-order valence-corrected chi connectivity index (χ3v) is 3.03. The molecule has 3 rings (SSSR count). The maximum Gasteiger partial charge on any atom is 0.337 e. The molecule has 0 amide bonds. The van der Waals surface area contributed by atoms with E-state index in [0.29, 0.717) is 22.3 Å². The molecular weight excluding hydrogens is 258 g/mol. The van der Waals surface area contributed by atoms with Crippen LogP contribution in [0.25, 0.3) is 16.7 Å². The average Bonchev–Trinajstić information content (AvgIpc) is 2.82. The van der Waals surface area contributed by atoms with Crippen molar-refractivity contribution >= 4 is 17.0 Å². The number of nitrogens with zero attached hydrogens (tertiary/aromatic N) is 2. The zero-order valence-electron chi connectivity index (χ0n) is 10.7. The van der Waals surface area contributed by atoms with Crippen LogP contribution in [0.1, 0.15) is 10.4 Å². The van der Waals surface area contributed by atoms with Gasteiger partial charge in [0, 0.05) is 12.4 Å². The number of aromatic nitrogens is 3. The fourth-order valence-corrected chi connectivity index (χ4v) is 2.10. The summed E-state index contributed by atoms with van der Waals surface area (Å²) in [7, 11) is 1.32. The van der Waals surface area contributed by atoms with Crippen molar-refractivity contribution < 1.29 is 9.53 Å². The Hall–Kier alpha value is -2.89. The summed E-state index contributed by atoms with van der Waals surface area (Å²) in [4.78, 5) is 30.3. The number of hydrogen-bond donors (Lipinski definition) is 1. The number of carbonyl (C=O) groups is 1. The Bertz CT molecular complexity index is 834. The number of fused-ring (bicyclic) bond motifs is 1. The Labute approximate surface area is 113 Å². The zero-order chi connectivity index (χ0) is 14.1. The molecule has 0 saturated carbocycles. The Kier molecular flexibility index (Phi) is 2.83. The molecule has 2 aromatic heterocycles. The smallest absolute Gasteiger partial charge is 0.337 e. The summed E-state index contributed by atoms with van der Waals surface area (Å²) in [6, 6.07) is 8.36. The van der Waals surface area contributed by atoms with Gasteiger partial charge in [-0.2, -0.15) is 0 Å². The van der Waals surface area contributed by atoms with Crippen molar-refractivity contribution in [3.8, 4) is 5.69 Å². The molecule has 1 aromatic carbocycles. The first-order valence-electron chi connectivity index (χ1n) is 5.94. The van der Waals surface area contributed by atoms with Gasteiger partial charge in [-0.1, -0.05) is 0 Å². The second-order valence-electron chi connectivity index (χ2n) is 4.19. The van der Waals surface area contributed by atoms with Gasteiger partial charge in [-0.05, 0) is 30.3 Å². The topological polar surface area (TPSA) is 77.0 Å². The predicted octanol–water partition coefficient (Wildman–Crippen LogP) is 1.50. The Morgan fingerprint density at radius 3 is 2.70 bits per heavy atom. The van der Waals surface area contributed by atoms with E-state index in [2.05, 4.69) is 9.97 Å². The molecule has 2 heterocycles. The van der Waals surface area contributed by atoms with Gasteiger partial charge in [0.25, 0.3) is 0 Å². The van der Waals surface area contributed by atoms with E-state index >= 15 is 0 Å². The summed E-state index contributed by atoms with van der Waals surface area (Å²) < 4.78 is 6.18. The molecule has 0 aliphatic rings. The molecule has 0 atom stereocenters. The van der Waals surface area contributed by atoms with E-state index in [9.17, 15) is 9.59 Å². The Morgan fingerprint density at radius 2 is 2.00 bits per heavy atom. The second kappa shape index (κ2) is 4.65. The van der Waals surface area contributed by atoms with Crippen LogP contribution < -0.4 is 5.69 Å². The number of methoxy groups -OCH3 is 1. The van der Waals surface area contributed by atoms with E-state index in [4.69, 9.17) is 4.74 Å². The standard InChI is InChI=1S/C14H11N3O3/c1-20-13(18)9-2-3-11-12(8-9)17(14(19)16-11)10-4-6-15-7-5-10/h2-8H,1H3,(H,16,19). The number of carbonyl (C=O) groups excluding carboxylic acids is 1. The van der Waals surface area contributed by atoms with Gasteiger partial charge in [-0.25, -0.2) is 9.59 Å². The fourth-order valence-electron chi connectivity index (χ4n) is 2.10. The number of hydrogen-bond acceptors (Lipinski definition) is 4. The molecular formula is C14H11N3O3. The minimum atomic E-state index is -0.443. The first-order chi connectivity index (χ1) is 9.70. The number of imidazole rings is 1. The maximum absolute atomic E-state index is 12.1. The third-order valence-electron chi connectivity index (χ3n) is 3.03.